The van der Waals surface area contributed by atoms with Gasteiger partial charge in [-0.3, -0.25) is 4.79 Å². The van der Waals surface area contributed by atoms with Gasteiger partial charge in [0.1, 0.15) is 11.9 Å². The minimum Gasteiger partial charge on any atom is -0.480 e. The van der Waals surface area contributed by atoms with Crippen LogP contribution in [0.2, 0.25) is 0 Å². The van der Waals surface area contributed by atoms with Crippen molar-refractivity contribution in [2.24, 2.45) is 5.73 Å². The zero-order chi connectivity index (χ0) is 12.4. The van der Waals surface area contributed by atoms with Crippen LogP contribution in [0.5, 0.6) is 0 Å². The molecule has 2 rings (SSSR count). The minimum absolute atomic E-state index is 0.153. The third kappa shape index (κ3) is 3.44. The second-order valence-electron chi connectivity index (χ2n) is 4.23. The summed E-state index contributed by atoms with van der Waals surface area (Å²) in [6.07, 6.45) is 2.45. The lowest BCUT2D eigenvalue weighted by molar-refractivity contribution is -0.138. The van der Waals surface area contributed by atoms with Crippen LogP contribution < -0.4 is 5.73 Å². The lowest BCUT2D eigenvalue weighted by Crippen LogP contribution is -2.32. The van der Waals surface area contributed by atoms with E-state index in [1.165, 1.54) is 6.07 Å². The third-order valence-electron chi connectivity index (χ3n) is 2.59. The van der Waals surface area contributed by atoms with Crippen LogP contribution in [0.1, 0.15) is 18.4 Å². The number of hydrogen-bond acceptors (Lipinski definition) is 3. The molecule has 0 aliphatic heterocycles. The molecule has 0 saturated heterocycles. The molecule has 17 heavy (non-hydrogen) atoms. The molecular weight excluding hydrogens is 241 g/mol. The Morgan fingerprint density at radius 2 is 2.29 bits per heavy atom. The van der Waals surface area contributed by atoms with Crippen LogP contribution in [0.4, 0.5) is 4.39 Å². The van der Waals surface area contributed by atoms with E-state index in [2.05, 4.69) is 0 Å². The molecule has 3 N–H and O–H groups in total. The minimum atomic E-state index is -1.07. The maximum atomic E-state index is 13.7. The van der Waals surface area contributed by atoms with E-state index in [-0.39, 0.29) is 12.2 Å². The van der Waals surface area contributed by atoms with Crippen LogP contribution in [0.15, 0.2) is 23.1 Å². The first-order chi connectivity index (χ1) is 8.06. The Bertz CT molecular complexity index is 435. The normalized spacial score (nSPS) is 16.8. The van der Waals surface area contributed by atoms with Gasteiger partial charge in [0.25, 0.3) is 0 Å². The van der Waals surface area contributed by atoms with Crippen molar-refractivity contribution in [3.8, 4) is 0 Å². The Hall–Kier alpha value is -1.07. The van der Waals surface area contributed by atoms with Gasteiger partial charge in [-0.15, -0.1) is 11.8 Å². The van der Waals surface area contributed by atoms with Gasteiger partial charge in [-0.05, 0) is 37.0 Å². The molecule has 1 unspecified atom stereocenters. The molecule has 0 aromatic heterocycles. The predicted molar refractivity (Wildman–Crippen MR) is 64.6 cm³/mol. The molecule has 0 heterocycles. The first kappa shape index (κ1) is 12.4. The SMILES string of the molecule is NC(Cc1ccc(SC2CC2)c(F)c1)C(=O)O. The van der Waals surface area contributed by atoms with Gasteiger partial charge in [-0.25, -0.2) is 4.39 Å². The summed E-state index contributed by atoms with van der Waals surface area (Å²) >= 11 is 1.55. The summed E-state index contributed by atoms with van der Waals surface area (Å²) in [4.78, 5) is 11.2. The number of hydrogen-bond donors (Lipinski definition) is 2. The number of thioether (sulfide) groups is 1. The highest BCUT2D eigenvalue weighted by atomic mass is 32.2. The predicted octanol–water partition coefficient (Wildman–Crippen LogP) is 2.03. The molecule has 1 aliphatic carbocycles. The van der Waals surface area contributed by atoms with Crippen molar-refractivity contribution in [2.45, 2.75) is 35.4 Å². The summed E-state index contributed by atoms with van der Waals surface area (Å²) in [5.74, 6) is -1.35. The molecule has 92 valence electrons. The summed E-state index contributed by atoms with van der Waals surface area (Å²) in [7, 11) is 0. The van der Waals surface area contributed by atoms with Crippen molar-refractivity contribution in [1.29, 1.82) is 0 Å². The molecule has 1 aromatic rings. The molecule has 0 amide bonds. The highest BCUT2D eigenvalue weighted by Gasteiger charge is 2.24. The van der Waals surface area contributed by atoms with Crippen molar-refractivity contribution in [3.05, 3.63) is 29.6 Å². The van der Waals surface area contributed by atoms with E-state index in [4.69, 9.17) is 10.8 Å². The number of benzene rings is 1. The molecule has 3 nitrogen and oxygen atoms in total. The molecule has 1 fully saturated rings. The molecule has 1 aromatic carbocycles. The first-order valence-corrected chi connectivity index (χ1v) is 6.37. The van der Waals surface area contributed by atoms with Gasteiger partial charge in [-0.2, -0.15) is 0 Å². The van der Waals surface area contributed by atoms with Crippen molar-refractivity contribution < 1.29 is 14.3 Å². The van der Waals surface area contributed by atoms with E-state index in [0.29, 0.717) is 15.7 Å². The van der Waals surface area contributed by atoms with Crippen molar-refractivity contribution in [1.82, 2.24) is 0 Å². The Morgan fingerprint density at radius 1 is 1.59 bits per heavy atom. The average molecular weight is 255 g/mol. The fourth-order valence-corrected chi connectivity index (χ4v) is 2.52. The van der Waals surface area contributed by atoms with Crippen LogP contribution in [0, 0.1) is 5.82 Å². The molecule has 0 spiro atoms. The average Bonchev–Trinajstić information content (AvgIpc) is 3.06. The Morgan fingerprint density at radius 3 is 2.82 bits per heavy atom. The summed E-state index contributed by atoms with van der Waals surface area (Å²) < 4.78 is 13.7. The van der Waals surface area contributed by atoms with E-state index >= 15 is 0 Å². The lowest BCUT2D eigenvalue weighted by atomic mass is 10.1. The van der Waals surface area contributed by atoms with E-state index in [1.807, 2.05) is 0 Å². The zero-order valence-electron chi connectivity index (χ0n) is 9.23. The van der Waals surface area contributed by atoms with Gasteiger partial charge in [-0.1, -0.05) is 6.07 Å². The summed E-state index contributed by atoms with van der Waals surface area (Å²) in [5.41, 5.74) is 6.02. The Labute approximate surface area is 103 Å². The van der Waals surface area contributed by atoms with Gasteiger partial charge in [0.2, 0.25) is 0 Å². The van der Waals surface area contributed by atoms with Crippen LogP contribution in [-0.2, 0) is 11.2 Å². The van der Waals surface area contributed by atoms with E-state index in [1.54, 1.807) is 23.9 Å². The number of carboxylic acids is 1. The zero-order valence-corrected chi connectivity index (χ0v) is 10.0. The molecule has 0 bridgehead atoms. The molecular formula is C12H14FNO2S. The number of halogens is 1. The van der Waals surface area contributed by atoms with Crippen molar-refractivity contribution in [2.75, 3.05) is 0 Å². The monoisotopic (exact) mass is 255 g/mol. The number of carbonyl (C=O) groups is 1. The standard InChI is InChI=1S/C12H14FNO2S/c13-9-5-7(6-10(14)12(15)16)1-4-11(9)17-8-2-3-8/h1,4-5,8,10H,2-3,6,14H2,(H,15,16). The quantitative estimate of drug-likeness (QED) is 0.845. The topological polar surface area (TPSA) is 63.3 Å². The van der Waals surface area contributed by atoms with E-state index < -0.39 is 12.0 Å². The summed E-state index contributed by atoms with van der Waals surface area (Å²) in [5, 5.41) is 9.22. The number of nitrogens with two attached hydrogens (primary N) is 1. The molecule has 5 heteroatoms. The highest BCUT2D eigenvalue weighted by Crippen LogP contribution is 2.40. The van der Waals surface area contributed by atoms with Gasteiger partial charge in [0, 0.05) is 10.1 Å². The Kier molecular flexibility index (Phi) is 3.69. The van der Waals surface area contributed by atoms with Crippen LogP contribution >= 0.6 is 11.8 Å². The maximum absolute atomic E-state index is 13.7. The summed E-state index contributed by atoms with van der Waals surface area (Å²) in [6.45, 7) is 0. The second-order valence-corrected chi connectivity index (χ2v) is 5.57. The van der Waals surface area contributed by atoms with Crippen molar-refractivity contribution >= 4 is 17.7 Å². The van der Waals surface area contributed by atoms with Crippen LogP contribution in [0.3, 0.4) is 0 Å². The van der Waals surface area contributed by atoms with Crippen LogP contribution in [-0.4, -0.2) is 22.4 Å². The highest BCUT2D eigenvalue weighted by molar-refractivity contribution is 8.00. The van der Waals surface area contributed by atoms with Gasteiger partial charge >= 0.3 is 5.97 Å². The molecule has 1 aliphatic rings. The number of aliphatic carboxylic acids is 1. The van der Waals surface area contributed by atoms with Gasteiger partial charge in [0.05, 0.1) is 0 Å². The fraction of sp³-hybridized carbons (Fsp3) is 0.417. The fourth-order valence-electron chi connectivity index (χ4n) is 1.47. The summed E-state index contributed by atoms with van der Waals surface area (Å²) in [6, 6.07) is 3.86. The first-order valence-electron chi connectivity index (χ1n) is 5.49. The number of rotatable bonds is 5. The number of carboxylic acid groups (broad SMARTS) is 1. The molecule has 1 atom stereocenters. The Balaban J connectivity index is 2.04. The largest absolute Gasteiger partial charge is 0.480 e. The van der Waals surface area contributed by atoms with Gasteiger partial charge < -0.3 is 10.8 Å². The second kappa shape index (κ2) is 5.06. The molecule has 0 radical (unpaired) electrons. The van der Waals surface area contributed by atoms with Crippen LogP contribution in [0.25, 0.3) is 0 Å². The van der Waals surface area contributed by atoms with E-state index in [9.17, 15) is 9.18 Å². The maximum Gasteiger partial charge on any atom is 0.320 e. The lowest BCUT2D eigenvalue weighted by Gasteiger charge is -2.08. The van der Waals surface area contributed by atoms with E-state index in [0.717, 1.165) is 12.8 Å². The van der Waals surface area contributed by atoms with Crippen molar-refractivity contribution in [3.63, 3.8) is 0 Å². The smallest absolute Gasteiger partial charge is 0.320 e. The third-order valence-corrected chi connectivity index (χ3v) is 3.98. The molecule has 1 saturated carbocycles. The van der Waals surface area contributed by atoms with Gasteiger partial charge in [0.15, 0.2) is 0 Å².